The molecule has 0 spiro atoms. The van der Waals surface area contributed by atoms with Crippen molar-refractivity contribution in [3.8, 4) is 5.75 Å². The highest BCUT2D eigenvalue weighted by Crippen LogP contribution is 2.36. The van der Waals surface area contributed by atoms with E-state index in [0.29, 0.717) is 0 Å². The van der Waals surface area contributed by atoms with Crippen molar-refractivity contribution in [1.82, 2.24) is 0 Å². The van der Waals surface area contributed by atoms with Crippen molar-refractivity contribution >= 4 is 48.1 Å². The Balaban J connectivity index is 2.28. The van der Waals surface area contributed by atoms with Gasteiger partial charge in [-0.15, -0.1) is 10.2 Å². The number of azo groups is 1. The molecule has 0 atom stereocenters. The van der Waals surface area contributed by atoms with Crippen molar-refractivity contribution < 1.29 is 31.0 Å². The van der Waals surface area contributed by atoms with Gasteiger partial charge in [0.2, 0.25) is 0 Å². The summed E-state index contributed by atoms with van der Waals surface area (Å²) in [5, 5.41) is 17.5. The van der Waals surface area contributed by atoms with Crippen LogP contribution in [0.2, 0.25) is 0 Å². The molecule has 3 aromatic carbocycles. The van der Waals surface area contributed by atoms with Crippen LogP contribution < -0.4 is 5.73 Å². The van der Waals surface area contributed by atoms with E-state index in [1.54, 1.807) is 12.1 Å². The topological polar surface area (TPSA) is 180 Å². The Morgan fingerprint density at radius 2 is 1.46 bits per heavy atom. The number of nitrogens with zero attached hydrogens (tertiary/aromatic N) is 2. The maximum absolute atomic E-state index is 11.7. The van der Waals surface area contributed by atoms with Crippen LogP contribution in [0.5, 0.6) is 5.75 Å². The Bertz CT molecular complexity index is 1330. The molecule has 3 rings (SSSR count). The predicted molar refractivity (Wildman–Crippen MR) is 100 cm³/mol. The Kier molecular flexibility index (Phi) is 4.81. The van der Waals surface area contributed by atoms with Gasteiger partial charge in [-0.3, -0.25) is 9.11 Å². The highest BCUT2D eigenvalue weighted by atomic mass is 32.2. The number of hydrogen-bond acceptors (Lipinski definition) is 8. The van der Waals surface area contributed by atoms with Crippen molar-refractivity contribution in [3.05, 3.63) is 48.5 Å². The van der Waals surface area contributed by atoms with Gasteiger partial charge in [0.25, 0.3) is 20.2 Å². The summed E-state index contributed by atoms with van der Waals surface area (Å²) in [6, 6.07) is 10.1. The molecule has 0 aliphatic rings. The zero-order chi connectivity index (χ0) is 20.7. The number of phenols is 1. The number of anilines is 1. The van der Waals surface area contributed by atoms with E-state index in [0.717, 1.165) is 18.2 Å². The molecule has 0 bridgehead atoms. The van der Waals surface area contributed by atoms with Gasteiger partial charge in [0, 0.05) is 11.1 Å². The predicted octanol–water partition coefficient (Wildman–Crippen LogP) is 3.04. The molecule has 0 aliphatic carbocycles. The summed E-state index contributed by atoms with van der Waals surface area (Å²) >= 11 is 0. The number of phenolic OH excluding ortho intramolecular Hbond substituents is 1. The molecule has 0 unspecified atom stereocenters. The molecule has 0 saturated heterocycles. The first-order chi connectivity index (χ1) is 13.0. The zero-order valence-corrected chi connectivity index (χ0v) is 15.5. The van der Waals surface area contributed by atoms with Crippen LogP contribution in [0.1, 0.15) is 0 Å². The number of hydrogen-bond donors (Lipinski definition) is 4. The molecule has 12 heteroatoms. The molecule has 28 heavy (non-hydrogen) atoms. The maximum Gasteiger partial charge on any atom is 0.296 e. The monoisotopic (exact) mass is 423 g/mol. The second-order valence-corrected chi connectivity index (χ2v) is 8.50. The molecule has 3 aromatic rings. The highest BCUT2D eigenvalue weighted by Gasteiger charge is 2.20. The van der Waals surface area contributed by atoms with Crippen LogP contribution >= 0.6 is 0 Å². The van der Waals surface area contributed by atoms with Gasteiger partial charge >= 0.3 is 0 Å². The third-order valence-corrected chi connectivity index (χ3v) is 5.47. The molecule has 0 radical (unpaired) electrons. The zero-order valence-electron chi connectivity index (χ0n) is 13.9. The molecular formula is C16H13N3O7S2. The van der Waals surface area contributed by atoms with Crippen molar-refractivity contribution in [1.29, 1.82) is 0 Å². The van der Waals surface area contributed by atoms with E-state index in [4.69, 9.17) is 5.73 Å². The number of nitrogen functional groups attached to an aromatic ring is 1. The molecule has 10 nitrogen and oxygen atoms in total. The van der Waals surface area contributed by atoms with E-state index >= 15 is 0 Å². The van der Waals surface area contributed by atoms with E-state index in [-0.39, 0.29) is 33.6 Å². The van der Waals surface area contributed by atoms with Crippen LogP contribution in [0.15, 0.2) is 68.6 Å². The van der Waals surface area contributed by atoms with Gasteiger partial charge in [0.15, 0.2) is 0 Å². The van der Waals surface area contributed by atoms with Crippen LogP contribution in [0.3, 0.4) is 0 Å². The summed E-state index contributed by atoms with van der Waals surface area (Å²) in [4.78, 5) is -1.20. The first-order valence-electron chi connectivity index (χ1n) is 7.49. The average molecular weight is 423 g/mol. The third kappa shape index (κ3) is 3.94. The van der Waals surface area contributed by atoms with Gasteiger partial charge < -0.3 is 10.8 Å². The van der Waals surface area contributed by atoms with Crippen molar-refractivity contribution in [2.75, 3.05) is 5.73 Å². The molecule has 0 fully saturated rings. The summed E-state index contributed by atoms with van der Waals surface area (Å²) in [7, 11) is -9.36. The number of para-hydroxylation sites is 1. The van der Waals surface area contributed by atoms with Crippen molar-refractivity contribution in [2.45, 2.75) is 9.79 Å². The standard InChI is InChI=1S/C16H13N3O7S2/c17-12-7-10(27(21,22)23)5-9-6-16(28(24,25)26)14(8-11(9)12)19-18-13-3-1-2-4-15(13)20/h1-8,20H,17H2,(H,21,22,23)(H,24,25,26). The fourth-order valence-corrected chi connectivity index (χ4v) is 3.66. The van der Waals surface area contributed by atoms with Crippen molar-refractivity contribution in [3.63, 3.8) is 0 Å². The van der Waals surface area contributed by atoms with Crippen molar-refractivity contribution in [2.24, 2.45) is 10.2 Å². The summed E-state index contributed by atoms with van der Waals surface area (Å²) in [6.07, 6.45) is 0. The SMILES string of the molecule is Nc1cc(S(=O)(=O)O)cc2cc(S(=O)(=O)O)c(N=Nc3ccccc3O)cc12. The molecule has 0 heterocycles. The number of rotatable bonds is 4. The van der Waals surface area contributed by atoms with E-state index in [1.165, 1.54) is 18.2 Å². The summed E-state index contributed by atoms with van der Waals surface area (Å²) < 4.78 is 64.9. The molecule has 0 amide bonds. The van der Waals surface area contributed by atoms with Gasteiger partial charge in [-0.1, -0.05) is 12.1 Å². The lowest BCUT2D eigenvalue weighted by molar-refractivity contribution is 0.476. The Morgan fingerprint density at radius 3 is 2.07 bits per heavy atom. The summed E-state index contributed by atoms with van der Waals surface area (Å²) in [6.45, 7) is 0. The van der Waals surface area contributed by atoms with Gasteiger partial charge in [-0.2, -0.15) is 16.8 Å². The summed E-state index contributed by atoms with van der Waals surface area (Å²) in [5.74, 6) is -0.197. The Morgan fingerprint density at radius 1 is 0.821 bits per heavy atom. The van der Waals surface area contributed by atoms with Crippen LogP contribution in [0, 0.1) is 0 Å². The number of benzene rings is 3. The van der Waals surface area contributed by atoms with Gasteiger partial charge in [-0.25, -0.2) is 0 Å². The molecule has 0 saturated carbocycles. The van der Waals surface area contributed by atoms with E-state index < -0.39 is 30.0 Å². The van der Waals surface area contributed by atoms with Crippen LogP contribution in [-0.2, 0) is 20.2 Å². The summed E-state index contributed by atoms with van der Waals surface area (Å²) in [5.41, 5.74) is 5.50. The lowest BCUT2D eigenvalue weighted by Crippen LogP contribution is -2.02. The smallest absolute Gasteiger partial charge is 0.296 e. The first kappa shape index (κ1) is 19.7. The lowest BCUT2D eigenvalue weighted by atomic mass is 10.1. The molecule has 0 aliphatic heterocycles. The highest BCUT2D eigenvalue weighted by molar-refractivity contribution is 7.86. The first-order valence-corrected chi connectivity index (χ1v) is 10.4. The molecule has 5 N–H and O–H groups in total. The molecule has 146 valence electrons. The van der Waals surface area contributed by atoms with Gasteiger partial charge in [0.05, 0.1) is 4.90 Å². The quantitative estimate of drug-likeness (QED) is 0.281. The third-order valence-electron chi connectivity index (χ3n) is 3.76. The minimum atomic E-state index is -4.77. The number of aromatic hydroxyl groups is 1. The fourth-order valence-electron chi connectivity index (χ4n) is 2.47. The second kappa shape index (κ2) is 6.83. The second-order valence-electron chi connectivity index (χ2n) is 5.69. The largest absolute Gasteiger partial charge is 0.506 e. The van der Waals surface area contributed by atoms with E-state index in [2.05, 4.69) is 10.2 Å². The minimum absolute atomic E-state index is 0.0294. The van der Waals surface area contributed by atoms with E-state index in [1.807, 2.05) is 0 Å². The van der Waals surface area contributed by atoms with Crippen LogP contribution in [0.25, 0.3) is 10.8 Å². The molecule has 0 aromatic heterocycles. The Labute approximate surface area is 159 Å². The molecular weight excluding hydrogens is 410 g/mol. The number of nitrogens with two attached hydrogens (primary N) is 1. The van der Waals surface area contributed by atoms with Crippen LogP contribution in [0.4, 0.5) is 17.1 Å². The van der Waals surface area contributed by atoms with Gasteiger partial charge in [0.1, 0.15) is 22.0 Å². The normalized spacial score (nSPS) is 12.6. The van der Waals surface area contributed by atoms with E-state index in [9.17, 15) is 31.0 Å². The fraction of sp³-hybridized carbons (Fsp3) is 0. The maximum atomic E-state index is 11.7. The Hall–Kier alpha value is -3.06. The lowest BCUT2D eigenvalue weighted by Gasteiger charge is -2.09. The average Bonchev–Trinajstić information content (AvgIpc) is 2.59. The van der Waals surface area contributed by atoms with Gasteiger partial charge in [-0.05, 0) is 41.8 Å². The van der Waals surface area contributed by atoms with Crippen LogP contribution in [-0.4, -0.2) is 31.0 Å². The minimum Gasteiger partial charge on any atom is -0.506 e. The number of fused-ring (bicyclic) bond motifs is 1.